The summed E-state index contributed by atoms with van der Waals surface area (Å²) in [6, 6.07) is 0. The third kappa shape index (κ3) is 2.16. The Kier molecular flexibility index (Phi) is 2.69. The lowest BCUT2D eigenvalue weighted by Crippen LogP contribution is -2.53. The van der Waals surface area contributed by atoms with E-state index in [2.05, 4.69) is 15.6 Å². The highest BCUT2D eigenvalue weighted by Crippen LogP contribution is 2.15. The number of rotatable bonds is 1. The number of nitrogens with zero attached hydrogens (tertiary/aromatic N) is 3. The SMILES string of the molecule is O=C1CN(C(=O)c2cn3c(n2)NCCC3)CC(=O)N1. The van der Waals surface area contributed by atoms with Gasteiger partial charge in [-0.25, -0.2) is 4.98 Å². The highest BCUT2D eigenvalue weighted by atomic mass is 16.2. The van der Waals surface area contributed by atoms with Crippen molar-refractivity contribution in [2.75, 3.05) is 25.0 Å². The van der Waals surface area contributed by atoms with Gasteiger partial charge in [0.15, 0.2) is 0 Å². The number of hydrogen-bond donors (Lipinski definition) is 2. The third-order valence-corrected chi connectivity index (χ3v) is 3.09. The van der Waals surface area contributed by atoms with Gasteiger partial charge in [0.2, 0.25) is 17.8 Å². The summed E-state index contributed by atoms with van der Waals surface area (Å²) in [7, 11) is 0. The van der Waals surface area contributed by atoms with Gasteiger partial charge >= 0.3 is 0 Å². The van der Waals surface area contributed by atoms with Crippen LogP contribution in [0.3, 0.4) is 0 Å². The zero-order chi connectivity index (χ0) is 13.4. The van der Waals surface area contributed by atoms with Gasteiger partial charge in [0.05, 0.1) is 0 Å². The van der Waals surface area contributed by atoms with E-state index in [0.29, 0.717) is 5.95 Å². The second-order valence-corrected chi connectivity index (χ2v) is 4.56. The molecule has 19 heavy (non-hydrogen) atoms. The van der Waals surface area contributed by atoms with Crippen LogP contribution in [0, 0.1) is 0 Å². The molecule has 3 amide bonds. The number of imidazole rings is 1. The Hall–Kier alpha value is -2.38. The predicted molar refractivity (Wildman–Crippen MR) is 64.4 cm³/mol. The monoisotopic (exact) mass is 263 g/mol. The largest absolute Gasteiger partial charge is 0.356 e. The second-order valence-electron chi connectivity index (χ2n) is 4.56. The number of piperazine rings is 1. The van der Waals surface area contributed by atoms with Crippen LogP contribution < -0.4 is 10.6 Å². The number of aromatic nitrogens is 2. The number of carbonyl (C=O) groups is 3. The molecule has 8 nitrogen and oxygen atoms in total. The van der Waals surface area contributed by atoms with Gasteiger partial charge in [-0.1, -0.05) is 0 Å². The first-order chi connectivity index (χ1) is 9.13. The van der Waals surface area contributed by atoms with E-state index in [1.807, 2.05) is 4.57 Å². The molecular formula is C11H13N5O3. The average Bonchev–Trinajstić information content (AvgIpc) is 2.80. The Labute approximate surface area is 108 Å². The van der Waals surface area contributed by atoms with Crippen LogP contribution in [-0.2, 0) is 16.1 Å². The Balaban J connectivity index is 1.81. The van der Waals surface area contributed by atoms with E-state index < -0.39 is 17.7 Å². The highest BCUT2D eigenvalue weighted by molar-refractivity contribution is 6.05. The van der Waals surface area contributed by atoms with Gasteiger partial charge in [-0.2, -0.15) is 0 Å². The molecule has 0 aliphatic carbocycles. The van der Waals surface area contributed by atoms with Crippen molar-refractivity contribution in [2.45, 2.75) is 13.0 Å². The van der Waals surface area contributed by atoms with Gasteiger partial charge in [-0.05, 0) is 6.42 Å². The zero-order valence-corrected chi connectivity index (χ0v) is 10.2. The Morgan fingerprint density at radius 1 is 1.26 bits per heavy atom. The lowest BCUT2D eigenvalue weighted by atomic mass is 10.3. The molecule has 2 N–H and O–H groups in total. The number of fused-ring (bicyclic) bond motifs is 1. The molecule has 1 aromatic rings. The molecule has 0 atom stereocenters. The van der Waals surface area contributed by atoms with Crippen LogP contribution in [0.1, 0.15) is 16.9 Å². The fourth-order valence-corrected chi connectivity index (χ4v) is 2.22. The molecule has 2 aliphatic heterocycles. The number of carbonyl (C=O) groups excluding carboxylic acids is 3. The molecule has 0 unspecified atom stereocenters. The van der Waals surface area contributed by atoms with Crippen LogP contribution in [0.5, 0.6) is 0 Å². The molecule has 0 aromatic carbocycles. The summed E-state index contributed by atoms with van der Waals surface area (Å²) < 4.78 is 1.86. The van der Waals surface area contributed by atoms with Crippen molar-refractivity contribution in [3.8, 4) is 0 Å². The Bertz CT molecular complexity index is 525. The van der Waals surface area contributed by atoms with Crippen LogP contribution in [0.25, 0.3) is 0 Å². The number of hydrogen-bond acceptors (Lipinski definition) is 5. The summed E-state index contributed by atoms with van der Waals surface area (Å²) in [5, 5.41) is 5.25. The minimum atomic E-state index is -0.466. The van der Waals surface area contributed by atoms with Crippen LogP contribution in [0.4, 0.5) is 5.95 Å². The molecule has 0 saturated carbocycles. The first-order valence-electron chi connectivity index (χ1n) is 6.06. The molecule has 3 heterocycles. The van der Waals surface area contributed by atoms with Crippen LogP contribution in [-0.4, -0.2) is 51.8 Å². The summed E-state index contributed by atoms with van der Waals surface area (Å²) in [6.45, 7) is 1.41. The molecule has 100 valence electrons. The van der Waals surface area contributed by atoms with E-state index in [0.717, 1.165) is 19.5 Å². The summed E-state index contributed by atoms with van der Waals surface area (Å²) in [4.78, 5) is 40.1. The Morgan fingerprint density at radius 3 is 2.68 bits per heavy atom. The van der Waals surface area contributed by atoms with Crippen molar-refractivity contribution >= 4 is 23.7 Å². The molecule has 1 fully saturated rings. The normalized spacial score (nSPS) is 18.6. The quantitative estimate of drug-likeness (QED) is 0.620. The molecule has 0 bridgehead atoms. The lowest BCUT2D eigenvalue weighted by Gasteiger charge is -2.24. The van der Waals surface area contributed by atoms with Crippen molar-refractivity contribution in [1.29, 1.82) is 0 Å². The van der Waals surface area contributed by atoms with E-state index in [1.54, 1.807) is 6.20 Å². The number of nitrogens with one attached hydrogen (secondary N) is 2. The highest BCUT2D eigenvalue weighted by Gasteiger charge is 2.29. The Morgan fingerprint density at radius 2 is 2.00 bits per heavy atom. The standard InChI is InChI=1S/C11H13N5O3/c17-8-5-16(6-9(18)14-8)10(19)7-4-15-3-1-2-12-11(15)13-7/h4H,1-3,5-6H2,(H,12,13)(H,14,17,18). The maximum absolute atomic E-state index is 12.2. The average molecular weight is 263 g/mol. The number of imide groups is 1. The van der Waals surface area contributed by atoms with Gasteiger partial charge in [0, 0.05) is 19.3 Å². The molecule has 1 saturated heterocycles. The van der Waals surface area contributed by atoms with Gasteiger partial charge < -0.3 is 14.8 Å². The van der Waals surface area contributed by atoms with Gasteiger partial charge in [-0.3, -0.25) is 19.7 Å². The summed E-state index contributed by atoms with van der Waals surface area (Å²) >= 11 is 0. The van der Waals surface area contributed by atoms with E-state index in [-0.39, 0.29) is 18.8 Å². The van der Waals surface area contributed by atoms with E-state index in [1.165, 1.54) is 4.90 Å². The first kappa shape index (κ1) is 11.7. The summed E-state index contributed by atoms with van der Waals surface area (Å²) in [5.41, 5.74) is 0.256. The second kappa shape index (κ2) is 4.38. The van der Waals surface area contributed by atoms with Crippen molar-refractivity contribution < 1.29 is 14.4 Å². The van der Waals surface area contributed by atoms with E-state index in [9.17, 15) is 14.4 Å². The first-order valence-corrected chi connectivity index (χ1v) is 6.06. The fourth-order valence-electron chi connectivity index (χ4n) is 2.22. The molecular weight excluding hydrogens is 250 g/mol. The molecule has 3 rings (SSSR count). The van der Waals surface area contributed by atoms with Gasteiger partial charge in [0.1, 0.15) is 18.8 Å². The summed E-state index contributed by atoms with van der Waals surface area (Å²) in [5.74, 6) is -0.673. The smallest absolute Gasteiger partial charge is 0.275 e. The summed E-state index contributed by atoms with van der Waals surface area (Å²) in [6.07, 6.45) is 2.63. The molecule has 0 spiro atoms. The number of aryl methyl sites for hydroxylation is 1. The number of anilines is 1. The number of amides is 3. The minimum Gasteiger partial charge on any atom is -0.356 e. The van der Waals surface area contributed by atoms with Crippen molar-refractivity contribution in [3.05, 3.63) is 11.9 Å². The van der Waals surface area contributed by atoms with Crippen LogP contribution >= 0.6 is 0 Å². The zero-order valence-electron chi connectivity index (χ0n) is 10.2. The minimum absolute atomic E-state index is 0.111. The van der Waals surface area contributed by atoms with Crippen molar-refractivity contribution in [2.24, 2.45) is 0 Å². The molecule has 1 aromatic heterocycles. The van der Waals surface area contributed by atoms with Crippen LogP contribution in [0.15, 0.2) is 6.20 Å². The van der Waals surface area contributed by atoms with Gasteiger partial charge in [-0.15, -0.1) is 0 Å². The van der Waals surface area contributed by atoms with Crippen molar-refractivity contribution in [3.63, 3.8) is 0 Å². The molecule has 0 radical (unpaired) electrons. The van der Waals surface area contributed by atoms with E-state index in [4.69, 9.17) is 0 Å². The molecule has 8 heteroatoms. The fraction of sp³-hybridized carbons (Fsp3) is 0.455. The predicted octanol–water partition coefficient (Wildman–Crippen LogP) is -1.20. The van der Waals surface area contributed by atoms with E-state index >= 15 is 0 Å². The maximum atomic E-state index is 12.2. The van der Waals surface area contributed by atoms with Gasteiger partial charge in [0.25, 0.3) is 5.91 Å². The third-order valence-electron chi connectivity index (χ3n) is 3.09. The molecule has 2 aliphatic rings. The van der Waals surface area contributed by atoms with Crippen molar-refractivity contribution in [1.82, 2.24) is 19.8 Å². The van der Waals surface area contributed by atoms with Crippen LogP contribution in [0.2, 0.25) is 0 Å². The maximum Gasteiger partial charge on any atom is 0.275 e. The lowest BCUT2D eigenvalue weighted by molar-refractivity contribution is -0.135. The topological polar surface area (TPSA) is 96.3 Å².